The molecule has 1 heterocycles. The van der Waals surface area contributed by atoms with Crippen LogP contribution in [0, 0.1) is 5.41 Å². The molecule has 24 heavy (non-hydrogen) atoms. The second kappa shape index (κ2) is 7.88. The highest BCUT2D eigenvalue weighted by Gasteiger charge is 2.31. The lowest BCUT2D eigenvalue weighted by atomic mass is 9.93. The third-order valence-corrected chi connectivity index (χ3v) is 4.77. The summed E-state index contributed by atoms with van der Waals surface area (Å²) in [6.45, 7) is 7.59. The minimum Gasteiger partial charge on any atom is -0.497 e. The van der Waals surface area contributed by atoms with E-state index in [2.05, 4.69) is 60.2 Å². The van der Waals surface area contributed by atoms with Gasteiger partial charge in [0.05, 0.1) is 13.2 Å². The molecule has 1 unspecified atom stereocenters. The number of hydrogen-bond donors (Lipinski definition) is 1. The van der Waals surface area contributed by atoms with Crippen LogP contribution in [0.2, 0.25) is 0 Å². The molecular formula is C19H32N4O. The van der Waals surface area contributed by atoms with Gasteiger partial charge in [0.1, 0.15) is 5.75 Å². The van der Waals surface area contributed by atoms with Crippen LogP contribution >= 0.6 is 0 Å². The van der Waals surface area contributed by atoms with Crippen molar-refractivity contribution >= 4 is 5.96 Å². The number of guanidine groups is 1. The number of aliphatic imine (C=N–C) groups is 1. The summed E-state index contributed by atoms with van der Waals surface area (Å²) in [5.41, 5.74) is 1.64. The molecule has 0 spiro atoms. The van der Waals surface area contributed by atoms with E-state index in [1.54, 1.807) is 7.11 Å². The third-order valence-electron chi connectivity index (χ3n) is 4.77. The molecule has 2 rings (SSSR count). The van der Waals surface area contributed by atoms with E-state index in [4.69, 9.17) is 4.74 Å². The summed E-state index contributed by atoms with van der Waals surface area (Å²) in [5, 5.41) is 3.56. The van der Waals surface area contributed by atoms with E-state index in [1.165, 1.54) is 12.0 Å². The number of nitrogens with one attached hydrogen (secondary N) is 1. The Morgan fingerprint density at radius 1 is 1.33 bits per heavy atom. The standard InChI is InChI=1S/C19H32N4O/c1-19(2)11-12-23(14-19)18(20-3)21-13-17(22(4)5)15-7-9-16(24-6)10-8-15/h7-10,17H,11-14H2,1-6H3,(H,20,21). The number of hydrogen-bond acceptors (Lipinski definition) is 3. The van der Waals surface area contributed by atoms with Gasteiger partial charge in [-0.05, 0) is 43.6 Å². The number of methoxy groups -OCH3 is 1. The van der Waals surface area contributed by atoms with E-state index in [-0.39, 0.29) is 6.04 Å². The molecule has 0 aliphatic carbocycles. The predicted octanol–water partition coefficient (Wildman–Crippen LogP) is 2.61. The molecule has 5 nitrogen and oxygen atoms in total. The summed E-state index contributed by atoms with van der Waals surface area (Å²) in [4.78, 5) is 9.07. The monoisotopic (exact) mass is 332 g/mol. The Kier molecular flexibility index (Phi) is 6.10. The average molecular weight is 332 g/mol. The molecular weight excluding hydrogens is 300 g/mol. The Bertz CT molecular complexity index is 551. The number of rotatable bonds is 5. The molecule has 1 aliphatic rings. The van der Waals surface area contributed by atoms with Gasteiger partial charge in [-0.15, -0.1) is 0 Å². The van der Waals surface area contributed by atoms with Crippen LogP contribution in [0.1, 0.15) is 31.9 Å². The van der Waals surface area contributed by atoms with Crippen molar-refractivity contribution in [1.82, 2.24) is 15.1 Å². The smallest absolute Gasteiger partial charge is 0.193 e. The van der Waals surface area contributed by atoms with Gasteiger partial charge in [-0.2, -0.15) is 0 Å². The first-order valence-corrected chi connectivity index (χ1v) is 8.62. The minimum absolute atomic E-state index is 0.281. The van der Waals surface area contributed by atoms with Gasteiger partial charge in [-0.3, -0.25) is 4.99 Å². The molecule has 1 aromatic carbocycles. The minimum atomic E-state index is 0.281. The summed E-state index contributed by atoms with van der Waals surface area (Å²) in [7, 11) is 7.78. The number of likely N-dealkylation sites (tertiary alicyclic amines) is 1. The van der Waals surface area contributed by atoms with Crippen molar-refractivity contribution in [1.29, 1.82) is 0 Å². The molecule has 1 saturated heterocycles. The Morgan fingerprint density at radius 2 is 2.00 bits per heavy atom. The fourth-order valence-corrected chi connectivity index (χ4v) is 3.24. The maximum absolute atomic E-state index is 5.26. The maximum Gasteiger partial charge on any atom is 0.193 e. The Balaban J connectivity index is 2.02. The van der Waals surface area contributed by atoms with Crippen molar-refractivity contribution in [2.24, 2.45) is 10.4 Å². The molecule has 5 heteroatoms. The highest BCUT2D eigenvalue weighted by atomic mass is 16.5. The average Bonchev–Trinajstić information content (AvgIpc) is 2.91. The molecule has 1 fully saturated rings. The first-order chi connectivity index (χ1) is 11.4. The quantitative estimate of drug-likeness (QED) is 0.665. The van der Waals surface area contributed by atoms with Gasteiger partial charge in [0.25, 0.3) is 0 Å². The molecule has 1 atom stereocenters. The highest BCUT2D eigenvalue weighted by molar-refractivity contribution is 5.80. The van der Waals surface area contributed by atoms with Gasteiger partial charge in [-0.1, -0.05) is 26.0 Å². The highest BCUT2D eigenvalue weighted by Crippen LogP contribution is 2.28. The van der Waals surface area contributed by atoms with E-state index in [0.717, 1.165) is 31.3 Å². The maximum atomic E-state index is 5.26. The SMILES string of the molecule is CN=C(NCC(c1ccc(OC)cc1)N(C)C)N1CCC(C)(C)C1. The van der Waals surface area contributed by atoms with Crippen molar-refractivity contribution in [2.75, 3.05) is 47.9 Å². The van der Waals surface area contributed by atoms with Crippen molar-refractivity contribution in [3.8, 4) is 5.75 Å². The number of likely N-dealkylation sites (N-methyl/N-ethyl adjacent to an activating group) is 1. The van der Waals surface area contributed by atoms with E-state index >= 15 is 0 Å². The van der Waals surface area contributed by atoms with Gasteiger partial charge in [0, 0.05) is 26.7 Å². The second-order valence-electron chi connectivity index (χ2n) is 7.52. The largest absolute Gasteiger partial charge is 0.497 e. The third kappa shape index (κ3) is 4.63. The first kappa shape index (κ1) is 18.6. The van der Waals surface area contributed by atoms with Gasteiger partial charge in [-0.25, -0.2) is 0 Å². The summed E-state index contributed by atoms with van der Waals surface area (Å²) < 4.78 is 5.26. The van der Waals surface area contributed by atoms with E-state index in [0.29, 0.717) is 5.41 Å². The van der Waals surface area contributed by atoms with Gasteiger partial charge < -0.3 is 19.9 Å². The normalized spacial score (nSPS) is 18.8. The topological polar surface area (TPSA) is 40.1 Å². The molecule has 134 valence electrons. The van der Waals surface area contributed by atoms with Crippen LogP contribution < -0.4 is 10.1 Å². The number of nitrogens with zero attached hydrogens (tertiary/aromatic N) is 3. The Hall–Kier alpha value is -1.75. The number of ether oxygens (including phenoxy) is 1. The van der Waals surface area contributed by atoms with E-state index in [9.17, 15) is 0 Å². The predicted molar refractivity (Wildman–Crippen MR) is 101 cm³/mol. The Morgan fingerprint density at radius 3 is 2.46 bits per heavy atom. The van der Waals surface area contributed by atoms with E-state index in [1.807, 2.05) is 19.2 Å². The van der Waals surface area contributed by atoms with Crippen LogP contribution in [0.4, 0.5) is 0 Å². The molecule has 1 N–H and O–H groups in total. The van der Waals surface area contributed by atoms with Crippen LogP contribution in [-0.2, 0) is 0 Å². The lowest BCUT2D eigenvalue weighted by Gasteiger charge is -2.29. The zero-order valence-corrected chi connectivity index (χ0v) is 16.0. The zero-order chi connectivity index (χ0) is 17.7. The van der Waals surface area contributed by atoms with Crippen LogP contribution in [0.25, 0.3) is 0 Å². The van der Waals surface area contributed by atoms with Crippen molar-refractivity contribution in [3.63, 3.8) is 0 Å². The first-order valence-electron chi connectivity index (χ1n) is 8.62. The van der Waals surface area contributed by atoms with Crippen molar-refractivity contribution in [2.45, 2.75) is 26.3 Å². The molecule has 0 amide bonds. The zero-order valence-electron chi connectivity index (χ0n) is 16.0. The summed E-state index contributed by atoms with van der Waals surface area (Å²) in [6, 6.07) is 8.58. The molecule has 0 saturated carbocycles. The van der Waals surface area contributed by atoms with Crippen LogP contribution in [0.5, 0.6) is 5.75 Å². The van der Waals surface area contributed by atoms with Gasteiger partial charge >= 0.3 is 0 Å². The Labute approximate surface area is 146 Å². The lowest BCUT2D eigenvalue weighted by Crippen LogP contribution is -2.44. The molecule has 0 radical (unpaired) electrons. The van der Waals surface area contributed by atoms with Crippen LogP contribution in [-0.4, -0.2) is 63.6 Å². The van der Waals surface area contributed by atoms with Crippen molar-refractivity contribution in [3.05, 3.63) is 29.8 Å². The van der Waals surface area contributed by atoms with E-state index < -0.39 is 0 Å². The fraction of sp³-hybridized carbons (Fsp3) is 0.632. The molecule has 1 aliphatic heterocycles. The van der Waals surface area contributed by atoms with Crippen LogP contribution in [0.15, 0.2) is 29.3 Å². The lowest BCUT2D eigenvalue weighted by molar-refractivity contribution is 0.294. The molecule has 0 bridgehead atoms. The number of benzene rings is 1. The fourth-order valence-electron chi connectivity index (χ4n) is 3.24. The van der Waals surface area contributed by atoms with Gasteiger partial charge in [0.2, 0.25) is 0 Å². The molecule has 1 aromatic rings. The summed E-state index contributed by atoms with van der Waals surface area (Å²) >= 11 is 0. The van der Waals surface area contributed by atoms with Crippen molar-refractivity contribution < 1.29 is 4.74 Å². The van der Waals surface area contributed by atoms with Crippen LogP contribution in [0.3, 0.4) is 0 Å². The molecule has 0 aromatic heterocycles. The summed E-state index contributed by atoms with van der Waals surface area (Å²) in [5.74, 6) is 1.89. The van der Waals surface area contributed by atoms with Gasteiger partial charge in [0.15, 0.2) is 5.96 Å². The summed E-state index contributed by atoms with van der Waals surface area (Å²) in [6.07, 6.45) is 1.21. The second-order valence-corrected chi connectivity index (χ2v) is 7.52.